The molecule has 246 valence electrons. The minimum absolute atomic E-state index is 0.0766. The van der Waals surface area contributed by atoms with Gasteiger partial charge in [0.05, 0.1) is 23.8 Å². The molecule has 6 N–H and O–H groups in total. The summed E-state index contributed by atoms with van der Waals surface area (Å²) >= 11 is 0. The fourth-order valence-corrected chi connectivity index (χ4v) is 8.05. The van der Waals surface area contributed by atoms with Crippen molar-refractivity contribution in [2.75, 3.05) is 26.7 Å². The van der Waals surface area contributed by atoms with E-state index in [1.165, 1.54) is 18.9 Å². The first kappa shape index (κ1) is 32.4. The highest BCUT2D eigenvalue weighted by Crippen LogP contribution is 2.59. The number of carbonyl (C=O) groups excluding carboxylic acids is 3. The van der Waals surface area contributed by atoms with Crippen LogP contribution in [0, 0.1) is 0 Å². The van der Waals surface area contributed by atoms with Crippen molar-refractivity contribution in [3.63, 3.8) is 0 Å². The van der Waals surface area contributed by atoms with E-state index in [1.54, 1.807) is 18.2 Å². The van der Waals surface area contributed by atoms with Crippen LogP contribution in [0.4, 0.5) is 0 Å². The molecule has 3 aliphatic rings. The van der Waals surface area contributed by atoms with E-state index in [4.69, 9.17) is 10.6 Å². The number of primary amides is 1. The minimum Gasteiger partial charge on any atom is -0.507 e. The molecule has 1 saturated heterocycles. The van der Waals surface area contributed by atoms with Crippen molar-refractivity contribution in [3.8, 4) is 5.75 Å². The second-order valence-electron chi connectivity index (χ2n) is 12.9. The zero-order chi connectivity index (χ0) is 33.2. The number of fused-ring (bicyclic) bond motifs is 1. The van der Waals surface area contributed by atoms with Gasteiger partial charge in [0.2, 0.25) is 0 Å². The summed E-state index contributed by atoms with van der Waals surface area (Å²) in [7, 11) is 1.43. The van der Waals surface area contributed by atoms with Gasteiger partial charge in [-0.2, -0.15) is 0 Å². The molecular weight excluding hydrogens is 596 g/mol. The Labute approximate surface area is 274 Å². The normalized spacial score (nSPS) is 23.8. The van der Waals surface area contributed by atoms with Crippen molar-refractivity contribution >= 4 is 23.2 Å². The Balaban J connectivity index is 1.19. The molecule has 2 fully saturated rings. The maximum atomic E-state index is 13.4. The summed E-state index contributed by atoms with van der Waals surface area (Å²) in [5.41, 5.74) is 10.5. The number of aliphatic hydroxyl groups is 1. The van der Waals surface area contributed by atoms with Gasteiger partial charge in [0.1, 0.15) is 11.5 Å². The number of Topliss-reactive ketones (excluding diaryl/α,β-unsaturated/α-hetero) is 1. The molecule has 0 unspecified atom stereocenters. The fraction of sp³-hybridized carbons (Fsp3) is 0.378. The number of hydrogen-bond donors (Lipinski definition) is 5. The van der Waals surface area contributed by atoms with Crippen LogP contribution in [0.5, 0.6) is 5.75 Å². The smallest absolute Gasteiger partial charge is 0.255 e. The van der Waals surface area contributed by atoms with Crippen LogP contribution in [0.2, 0.25) is 0 Å². The number of rotatable bonds is 11. The van der Waals surface area contributed by atoms with Crippen molar-refractivity contribution < 1.29 is 29.4 Å². The molecule has 0 spiro atoms. The Hall–Kier alpha value is -4.51. The van der Waals surface area contributed by atoms with E-state index in [1.807, 2.05) is 36.4 Å². The number of hydroxylamine groups is 1. The number of carbonyl (C=O) groups is 3. The van der Waals surface area contributed by atoms with Crippen molar-refractivity contribution in [2.45, 2.75) is 62.0 Å². The average Bonchev–Trinajstić information content (AvgIpc) is 3.05. The molecule has 1 aliphatic heterocycles. The van der Waals surface area contributed by atoms with Gasteiger partial charge in [0, 0.05) is 49.2 Å². The van der Waals surface area contributed by atoms with E-state index < -0.39 is 22.8 Å². The van der Waals surface area contributed by atoms with Crippen LogP contribution >= 0.6 is 0 Å². The van der Waals surface area contributed by atoms with Gasteiger partial charge in [-0.05, 0) is 67.0 Å². The number of likely N-dealkylation sites (tertiary alicyclic amines) is 1. The molecule has 2 bridgehead atoms. The lowest BCUT2D eigenvalue weighted by Gasteiger charge is -2.63. The molecule has 3 aromatic rings. The molecule has 47 heavy (non-hydrogen) atoms. The highest BCUT2D eigenvalue weighted by Gasteiger charge is 2.65. The predicted molar refractivity (Wildman–Crippen MR) is 177 cm³/mol. The lowest BCUT2D eigenvalue weighted by Crippen LogP contribution is -2.73. The third-order valence-corrected chi connectivity index (χ3v) is 10.4. The highest BCUT2D eigenvalue weighted by molar-refractivity contribution is 6.18. The van der Waals surface area contributed by atoms with E-state index >= 15 is 0 Å². The number of nitrogens with one attached hydrogen (secondary N) is 2. The topological polar surface area (TPSA) is 154 Å². The summed E-state index contributed by atoms with van der Waals surface area (Å²) in [6.07, 6.45) is 4.63. The molecule has 1 heterocycles. The van der Waals surface area contributed by atoms with Gasteiger partial charge in [-0.1, -0.05) is 60.7 Å². The van der Waals surface area contributed by atoms with Crippen LogP contribution in [0.25, 0.3) is 5.57 Å². The lowest BCUT2D eigenvalue weighted by molar-refractivity contribution is -0.172. The first-order valence-electron chi connectivity index (χ1n) is 16.2. The number of phenolic OH excluding ortho intramolecular Hbond substituents is 1. The monoisotopic (exact) mass is 638 g/mol. The predicted octanol–water partition coefficient (Wildman–Crippen LogP) is 2.94. The van der Waals surface area contributed by atoms with Crippen molar-refractivity contribution in [2.24, 2.45) is 5.73 Å². The third-order valence-electron chi connectivity index (χ3n) is 10.4. The van der Waals surface area contributed by atoms with Crippen LogP contribution in [0.15, 0.2) is 72.9 Å². The summed E-state index contributed by atoms with van der Waals surface area (Å²) in [5.74, 6) is -1.08. The van der Waals surface area contributed by atoms with Gasteiger partial charge < -0.3 is 21.3 Å². The molecule has 10 nitrogen and oxygen atoms in total. The maximum absolute atomic E-state index is 13.4. The minimum atomic E-state index is -1.19. The third kappa shape index (κ3) is 6.04. The summed E-state index contributed by atoms with van der Waals surface area (Å²) in [6.45, 7) is 1.80. The summed E-state index contributed by atoms with van der Waals surface area (Å²) in [4.78, 5) is 45.3. The van der Waals surface area contributed by atoms with Crippen LogP contribution in [-0.2, 0) is 39.1 Å². The lowest BCUT2D eigenvalue weighted by atomic mass is 9.49. The molecular formula is C37H42N4O6. The number of hydrogen-bond acceptors (Lipinski definition) is 8. The Morgan fingerprint density at radius 1 is 1.04 bits per heavy atom. The van der Waals surface area contributed by atoms with Crippen LogP contribution in [-0.4, -0.2) is 71.1 Å². The van der Waals surface area contributed by atoms with Gasteiger partial charge in [0.15, 0.2) is 0 Å². The van der Waals surface area contributed by atoms with E-state index in [-0.39, 0.29) is 35.1 Å². The van der Waals surface area contributed by atoms with E-state index in [9.17, 15) is 24.6 Å². The zero-order valence-corrected chi connectivity index (χ0v) is 26.6. The summed E-state index contributed by atoms with van der Waals surface area (Å²) in [6, 6.07) is 20.9. The Kier molecular flexibility index (Phi) is 9.18. The number of piperidine rings is 1. The summed E-state index contributed by atoms with van der Waals surface area (Å²) < 4.78 is 0. The molecule has 10 heteroatoms. The second-order valence-corrected chi connectivity index (χ2v) is 12.9. The second kappa shape index (κ2) is 13.3. The van der Waals surface area contributed by atoms with E-state index in [0.29, 0.717) is 56.3 Å². The number of aromatic hydroxyl groups is 1. The SMILES string of the molecule is CON/C=C(\C(N)=O)c1ccc(CCNC(=O)c2ccc3c(c2O)[C@]24CCN(CCc5ccccc5)[C@H](C3)[C@]2(O)CCC(=O)C4)cc1. The van der Waals surface area contributed by atoms with Crippen LogP contribution in [0.1, 0.15) is 63.9 Å². The Morgan fingerprint density at radius 3 is 2.51 bits per heavy atom. The molecule has 2 amide bonds. The largest absolute Gasteiger partial charge is 0.507 e. The number of amides is 2. The number of nitrogens with zero attached hydrogens (tertiary/aromatic N) is 1. The van der Waals surface area contributed by atoms with Crippen molar-refractivity contribution in [1.29, 1.82) is 0 Å². The number of nitrogens with two attached hydrogens (primary N) is 1. The first-order valence-corrected chi connectivity index (χ1v) is 16.2. The van der Waals surface area contributed by atoms with Gasteiger partial charge in [-0.15, -0.1) is 0 Å². The molecule has 0 aromatic heterocycles. The van der Waals surface area contributed by atoms with Crippen LogP contribution < -0.4 is 16.5 Å². The summed E-state index contributed by atoms with van der Waals surface area (Å²) in [5, 5.41) is 27.1. The van der Waals surface area contributed by atoms with Gasteiger partial charge in [-0.25, -0.2) is 0 Å². The molecule has 3 aromatic carbocycles. The molecule has 6 rings (SSSR count). The highest BCUT2D eigenvalue weighted by atomic mass is 16.6. The fourth-order valence-electron chi connectivity index (χ4n) is 8.05. The quantitative estimate of drug-likeness (QED) is 0.159. The molecule has 3 atom stereocenters. The number of benzene rings is 3. The van der Waals surface area contributed by atoms with Gasteiger partial charge in [-0.3, -0.25) is 29.6 Å². The van der Waals surface area contributed by atoms with Crippen molar-refractivity contribution in [3.05, 3.63) is 106 Å². The Bertz CT molecular complexity index is 1690. The van der Waals surface area contributed by atoms with E-state index in [2.05, 4.69) is 27.8 Å². The van der Waals surface area contributed by atoms with Gasteiger partial charge >= 0.3 is 0 Å². The number of ketones is 1. The molecule has 1 saturated carbocycles. The average molecular weight is 639 g/mol. The maximum Gasteiger partial charge on any atom is 0.255 e. The molecule has 2 aliphatic carbocycles. The standard InChI is InChI=1S/C37H42N4O6/c1-47-40-23-30(34(38)44)26-9-7-25(8-10-26)14-18-39-35(45)29-12-11-27-21-31-37(46)16-13-28(42)22-36(37,32(27)33(29)43)17-20-41(31)19-15-24-5-3-2-4-6-24/h2-12,23,31,40,43,46H,13-22H2,1H3,(H2,38,44)(H,39,45)/b30-23-/t31-,36-,37-/m1/s1. The number of phenols is 1. The first-order chi connectivity index (χ1) is 22.7. The van der Waals surface area contributed by atoms with Gasteiger partial charge in [0.25, 0.3) is 11.8 Å². The Morgan fingerprint density at radius 2 is 1.79 bits per heavy atom. The van der Waals surface area contributed by atoms with Crippen molar-refractivity contribution in [1.82, 2.24) is 15.7 Å². The zero-order valence-electron chi connectivity index (χ0n) is 26.6. The van der Waals surface area contributed by atoms with Crippen LogP contribution in [0.3, 0.4) is 0 Å². The van der Waals surface area contributed by atoms with E-state index in [0.717, 1.165) is 24.1 Å². The molecule has 0 radical (unpaired) electrons.